The number of nitrogens with zero attached hydrogens (tertiary/aromatic N) is 5. The van der Waals surface area contributed by atoms with Crippen LogP contribution in [0.25, 0.3) is 11.1 Å². The maximum Gasteiger partial charge on any atom is 0.353 e. The number of aliphatic hydroxyl groups excluding tert-OH is 9. The third-order valence-corrected chi connectivity index (χ3v) is 8.44. The number of hydrogen-bond acceptors (Lipinski definition) is 19. The van der Waals surface area contributed by atoms with Gasteiger partial charge in [0.2, 0.25) is 5.71 Å². The van der Waals surface area contributed by atoms with Gasteiger partial charge in [-0.1, -0.05) is 5.21 Å². The fraction of sp³-hybridized carbons (Fsp3) is 0.704. The highest BCUT2D eigenvalue weighted by atomic mass is 16.7. The van der Waals surface area contributed by atoms with Gasteiger partial charge < -0.3 is 74.1 Å². The molecule has 9 N–H and O–H groups in total. The van der Waals surface area contributed by atoms with Crippen molar-refractivity contribution in [1.29, 1.82) is 0 Å². The van der Waals surface area contributed by atoms with Crippen molar-refractivity contribution < 1.29 is 74.1 Å². The Hall–Kier alpha value is -3.00. The topological polar surface area (TPSA) is 307 Å². The van der Waals surface area contributed by atoms with E-state index in [-0.39, 0.29) is 31.0 Å². The normalized spacial score (nSPS) is 37.4. The average Bonchev–Trinajstić information content (AvgIpc) is 3.80. The van der Waals surface area contributed by atoms with Gasteiger partial charge >= 0.3 is 5.69 Å². The lowest BCUT2D eigenvalue weighted by molar-refractivity contribution is -0.360. The zero-order chi connectivity index (χ0) is 34.3. The van der Waals surface area contributed by atoms with Crippen LogP contribution in [0.2, 0.25) is 0 Å². The lowest BCUT2D eigenvalue weighted by Crippen LogP contribution is -2.64. The summed E-state index contributed by atoms with van der Waals surface area (Å²) in [6.45, 7) is -2.01. The number of aliphatic hydroxyl groups is 9. The summed E-state index contributed by atoms with van der Waals surface area (Å²) in [7, 11) is 0. The third kappa shape index (κ3) is 6.88. The first-order valence-corrected chi connectivity index (χ1v) is 15.1. The number of ether oxygens (including phenoxy) is 5. The molecule has 0 saturated carbocycles. The van der Waals surface area contributed by atoms with Crippen LogP contribution >= 0.6 is 0 Å². The molecule has 6 rings (SSSR count). The van der Waals surface area contributed by atoms with E-state index < -0.39 is 105 Å². The van der Waals surface area contributed by atoms with Gasteiger partial charge in [-0.15, -0.1) is 5.10 Å². The molecule has 3 aromatic rings. The molecular weight excluding hydrogens is 650 g/mol. The van der Waals surface area contributed by atoms with Gasteiger partial charge in [-0.3, -0.25) is 4.57 Å². The Bertz CT molecular complexity index is 1580. The van der Waals surface area contributed by atoms with Crippen LogP contribution in [0.5, 0.6) is 0 Å². The molecule has 21 heteroatoms. The molecule has 0 aliphatic carbocycles. The van der Waals surface area contributed by atoms with Crippen LogP contribution in [0.15, 0.2) is 27.7 Å². The van der Waals surface area contributed by atoms with E-state index in [2.05, 4.69) is 15.3 Å². The van der Waals surface area contributed by atoms with E-state index in [4.69, 9.17) is 28.1 Å². The summed E-state index contributed by atoms with van der Waals surface area (Å²) in [6, 6.07) is 1.64. The molecule has 3 aliphatic rings. The van der Waals surface area contributed by atoms with Crippen LogP contribution in [0.3, 0.4) is 0 Å². The molecule has 0 unspecified atom stereocenters. The van der Waals surface area contributed by atoms with Gasteiger partial charge in [-0.05, 0) is 6.07 Å². The van der Waals surface area contributed by atoms with Crippen LogP contribution in [-0.2, 0) is 36.8 Å². The predicted octanol–water partition coefficient (Wildman–Crippen LogP) is -5.59. The second-order valence-corrected chi connectivity index (χ2v) is 11.7. The lowest BCUT2D eigenvalue weighted by Gasteiger charge is -2.45. The van der Waals surface area contributed by atoms with Crippen molar-refractivity contribution in [3.63, 3.8) is 0 Å². The molecule has 48 heavy (non-hydrogen) atoms. The van der Waals surface area contributed by atoms with Gasteiger partial charge in [0.1, 0.15) is 79.2 Å². The monoisotopic (exact) mass is 687 g/mol. The summed E-state index contributed by atoms with van der Waals surface area (Å²) < 4.78 is 35.9. The van der Waals surface area contributed by atoms with Crippen LogP contribution < -0.4 is 5.69 Å². The van der Waals surface area contributed by atoms with Gasteiger partial charge in [-0.2, -0.15) is 4.98 Å². The Morgan fingerprint density at radius 1 is 0.833 bits per heavy atom. The summed E-state index contributed by atoms with van der Waals surface area (Å²) in [5, 5.41) is 98.9. The van der Waals surface area contributed by atoms with Crippen LogP contribution in [-0.4, -0.2) is 164 Å². The number of furan rings is 1. The zero-order valence-electron chi connectivity index (χ0n) is 25.1. The summed E-state index contributed by atoms with van der Waals surface area (Å²) in [6.07, 6.45) is -15.3. The number of rotatable bonds is 11. The quantitative estimate of drug-likeness (QED) is 0.0907. The van der Waals surface area contributed by atoms with Crippen LogP contribution in [0, 0.1) is 0 Å². The highest BCUT2D eigenvalue weighted by Gasteiger charge is 2.50. The molecule has 0 radical (unpaired) electrons. The molecule has 3 saturated heterocycles. The fourth-order valence-electron chi connectivity index (χ4n) is 5.81. The minimum absolute atomic E-state index is 0.0708. The average molecular weight is 688 g/mol. The molecule has 3 fully saturated rings. The van der Waals surface area contributed by atoms with Crippen molar-refractivity contribution in [2.24, 2.45) is 0 Å². The van der Waals surface area contributed by atoms with E-state index >= 15 is 0 Å². The van der Waals surface area contributed by atoms with E-state index in [0.29, 0.717) is 11.1 Å². The Morgan fingerprint density at radius 2 is 1.54 bits per heavy atom. The second-order valence-electron chi connectivity index (χ2n) is 11.7. The van der Waals surface area contributed by atoms with Gasteiger partial charge in [-0.25, -0.2) is 9.48 Å². The number of aromatic nitrogens is 5. The first-order valence-electron chi connectivity index (χ1n) is 15.1. The zero-order valence-corrected chi connectivity index (χ0v) is 25.1. The Balaban J connectivity index is 1.06. The van der Waals surface area contributed by atoms with Gasteiger partial charge in [0.25, 0.3) is 0 Å². The Labute approximate surface area is 269 Å². The largest absolute Gasteiger partial charge is 0.441 e. The molecule has 6 heterocycles. The van der Waals surface area contributed by atoms with Crippen LogP contribution in [0.4, 0.5) is 0 Å². The molecule has 13 atom stereocenters. The number of fused-ring (bicyclic) bond motifs is 1. The summed E-state index contributed by atoms with van der Waals surface area (Å²) in [5.41, 5.74) is -0.307. The maximum absolute atomic E-state index is 12.6. The Morgan fingerprint density at radius 3 is 2.25 bits per heavy atom. The van der Waals surface area contributed by atoms with Crippen molar-refractivity contribution in [3.05, 3.63) is 40.4 Å². The lowest BCUT2D eigenvalue weighted by atomic mass is 9.97. The Kier molecular flexibility index (Phi) is 10.5. The molecule has 0 aromatic carbocycles. The molecule has 0 amide bonds. The minimum Gasteiger partial charge on any atom is -0.441 e. The highest BCUT2D eigenvalue weighted by molar-refractivity contribution is 5.72. The molecule has 3 aliphatic heterocycles. The fourth-order valence-corrected chi connectivity index (χ4v) is 5.81. The summed E-state index contributed by atoms with van der Waals surface area (Å²) in [4.78, 5) is 16.5. The summed E-state index contributed by atoms with van der Waals surface area (Å²) in [5.74, 6) is 0.373. The smallest absolute Gasteiger partial charge is 0.353 e. The maximum atomic E-state index is 12.6. The van der Waals surface area contributed by atoms with Gasteiger partial charge in [0.05, 0.1) is 44.1 Å². The van der Waals surface area contributed by atoms with E-state index in [0.717, 1.165) is 0 Å². The standard InChI is InChI=1S/C27H37N5O16/c33-6-14-13(36)2-17(45-14)32-3-10-1-12(44-24(10)28-27(32)42)5-31-4-11(29-30-31)9-43-25-22(41)20(39)23(16(8-35)47-25)48-26-21(40)19(38)18(37)15(7-34)46-26/h1,3-4,13-23,25-26,33-41H,2,5-9H2/t13-,14+,15+,16+,17+,18-,19-,20+,21+,22+,23+,25+,26-/m0/s1. The molecule has 0 spiro atoms. The first kappa shape index (κ1) is 34.8. The molecular formula is C27H37N5O16. The predicted molar refractivity (Wildman–Crippen MR) is 150 cm³/mol. The first-order chi connectivity index (χ1) is 23.0. The molecule has 266 valence electrons. The van der Waals surface area contributed by atoms with Gasteiger partial charge in [0, 0.05) is 12.6 Å². The minimum atomic E-state index is -1.79. The molecule has 3 aromatic heterocycles. The van der Waals surface area contributed by atoms with E-state index in [9.17, 15) is 50.8 Å². The van der Waals surface area contributed by atoms with Crippen molar-refractivity contribution in [3.8, 4) is 0 Å². The number of hydrogen-bond donors (Lipinski definition) is 9. The molecule has 0 bridgehead atoms. The second kappa shape index (κ2) is 14.5. The van der Waals surface area contributed by atoms with E-state index in [1.807, 2.05) is 0 Å². The van der Waals surface area contributed by atoms with Crippen molar-refractivity contribution >= 4 is 11.1 Å². The van der Waals surface area contributed by atoms with Gasteiger partial charge in [0.15, 0.2) is 12.6 Å². The van der Waals surface area contributed by atoms with Crippen molar-refractivity contribution in [1.82, 2.24) is 24.5 Å². The van der Waals surface area contributed by atoms with E-state index in [1.165, 1.54) is 21.6 Å². The highest BCUT2D eigenvalue weighted by Crippen LogP contribution is 2.31. The van der Waals surface area contributed by atoms with Crippen LogP contribution in [0.1, 0.15) is 24.1 Å². The van der Waals surface area contributed by atoms with Crippen molar-refractivity contribution in [2.45, 2.75) is 99.4 Å². The third-order valence-electron chi connectivity index (χ3n) is 8.44. The SMILES string of the molecule is O=c1nc2oc(Cn3cc(CO[C@@H]4O[C@H](CO)[C@@H](O[C@@H]5O[C@H](CO)[C@H](O)[C@H](O)[C@H]5O)[C@H](O)[C@H]4O)nn3)cc2cn1[C@H]1C[C@H](O)[C@@H](CO)O1. The molecule has 21 nitrogen and oxygen atoms in total. The van der Waals surface area contributed by atoms with Crippen molar-refractivity contribution in [2.75, 3.05) is 19.8 Å². The summed E-state index contributed by atoms with van der Waals surface area (Å²) >= 11 is 0. The van der Waals surface area contributed by atoms with E-state index in [1.54, 1.807) is 6.07 Å².